The summed E-state index contributed by atoms with van der Waals surface area (Å²) < 4.78 is 79.7. The molecule has 2 saturated carbocycles. The van der Waals surface area contributed by atoms with Crippen LogP contribution in [0.3, 0.4) is 0 Å². The molecule has 0 radical (unpaired) electrons. The van der Waals surface area contributed by atoms with Crippen LogP contribution in [0.5, 0.6) is 5.75 Å². The Morgan fingerprint density at radius 3 is 2.11 bits per heavy atom. The van der Waals surface area contributed by atoms with E-state index >= 15 is 4.39 Å². The van der Waals surface area contributed by atoms with Gasteiger partial charge in [0.2, 0.25) is 10.0 Å². The number of amides is 1. The molecule has 1 atom stereocenters. The fourth-order valence-corrected chi connectivity index (χ4v) is 6.84. The van der Waals surface area contributed by atoms with Crippen LogP contribution in [0, 0.1) is 5.82 Å². The first-order chi connectivity index (χ1) is 20.4. The van der Waals surface area contributed by atoms with E-state index in [1.165, 1.54) is 12.1 Å². The molecular formula is C29H32Cl2F4N2O6S. The fraction of sp³-hybridized carbons (Fsp3) is 0.517. The molecule has 1 amide bonds. The van der Waals surface area contributed by atoms with E-state index < -0.39 is 39.1 Å². The average Bonchev–Trinajstić information content (AvgIpc) is 3.81. The Balaban J connectivity index is 0.000000566. The molecule has 242 valence electrons. The van der Waals surface area contributed by atoms with Crippen LogP contribution in [-0.4, -0.2) is 60.9 Å². The third-order valence-electron chi connectivity index (χ3n) is 7.83. The lowest BCUT2D eigenvalue weighted by atomic mass is 9.89. The first-order valence-corrected chi connectivity index (χ1v) is 16.3. The summed E-state index contributed by atoms with van der Waals surface area (Å²) >= 11 is 12.5. The molecule has 3 fully saturated rings. The summed E-state index contributed by atoms with van der Waals surface area (Å²) in [4.78, 5) is 23.9. The van der Waals surface area contributed by atoms with Gasteiger partial charge in [0.1, 0.15) is 17.7 Å². The molecule has 2 aromatic carbocycles. The first-order valence-electron chi connectivity index (χ1n) is 14.0. The molecule has 2 N–H and O–H groups in total. The molecule has 8 nitrogen and oxygen atoms in total. The largest absolute Gasteiger partial charge is 0.490 e. The number of carboxylic acid groups (broad SMARTS) is 1. The summed E-state index contributed by atoms with van der Waals surface area (Å²) in [6.07, 6.45) is -0.657. The number of sulfonamides is 1. The molecule has 1 aliphatic heterocycles. The van der Waals surface area contributed by atoms with Gasteiger partial charge < -0.3 is 9.84 Å². The van der Waals surface area contributed by atoms with Gasteiger partial charge >= 0.3 is 12.1 Å². The number of ether oxygens (including phenoxy) is 1. The van der Waals surface area contributed by atoms with Crippen molar-refractivity contribution >= 4 is 45.1 Å². The molecular weight excluding hydrogens is 651 g/mol. The van der Waals surface area contributed by atoms with Crippen molar-refractivity contribution in [2.24, 2.45) is 0 Å². The molecule has 0 bridgehead atoms. The zero-order valence-electron chi connectivity index (χ0n) is 23.9. The summed E-state index contributed by atoms with van der Waals surface area (Å²) in [5, 5.41) is 7.73. The van der Waals surface area contributed by atoms with E-state index in [-0.39, 0.29) is 23.1 Å². The Kier molecular flexibility index (Phi) is 10.1. The van der Waals surface area contributed by atoms with Crippen LogP contribution in [0.15, 0.2) is 30.3 Å². The number of carbonyl (C=O) groups is 2. The van der Waals surface area contributed by atoms with Gasteiger partial charge in [-0.25, -0.2) is 22.3 Å². The maximum atomic E-state index is 15.1. The highest BCUT2D eigenvalue weighted by Crippen LogP contribution is 2.46. The summed E-state index contributed by atoms with van der Waals surface area (Å²) in [5.41, 5.74) is 1.15. The smallest absolute Gasteiger partial charge is 0.489 e. The number of hydrogen-bond donors (Lipinski definition) is 2. The molecule has 0 spiro atoms. The van der Waals surface area contributed by atoms with Crippen molar-refractivity contribution in [2.75, 3.05) is 13.1 Å². The quantitative estimate of drug-likeness (QED) is 0.300. The molecule has 44 heavy (non-hydrogen) atoms. The third-order valence-corrected chi connectivity index (χ3v) is 10.1. The van der Waals surface area contributed by atoms with Crippen molar-refractivity contribution in [3.63, 3.8) is 0 Å². The fourth-order valence-electron chi connectivity index (χ4n) is 5.02. The molecule has 5 rings (SSSR count). The van der Waals surface area contributed by atoms with Gasteiger partial charge in [0.25, 0.3) is 5.91 Å². The van der Waals surface area contributed by atoms with E-state index in [2.05, 4.69) is 18.7 Å². The summed E-state index contributed by atoms with van der Waals surface area (Å²) in [5.74, 6) is -3.87. The summed E-state index contributed by atoms with van der Waals surface area (Å²) in [6.45, 7) is 5.74. The molecule has 1 saturated heterocycles. The third kappa shape index (κ3) is 8.55. The Labute approximate surface area is 262 Å². The van der Waals surface area contributed by atoms with Crippen LogP contribution < -0.4 is 9.46 Å². The van der Waals surface area contributed by atoms with Gasteiger partial charge in [0.05, 0.1) is 10.8 Å². The Morgan fingerprint density at radius 2 is 1.59 bits per heavy atom. The number of carbonyl (C=O) groups excluding carboxylic acids is 1. The zero-order valence-corrected chi connectivity index (χ0v) is 26.2. The van der Waals surface area contributed by atoms with Crippen LogP contribution in [0.2, 0.25) is 10.0 Å². The van der Waals surface area contributed by atoms with Crippen molar-refractivity contribution in [3.05, 3.63) is 62.9 Å². The van der Waals surface area contributed by atoms with Gasteiger partial charge in [-0.3, -0.25) is 9.69 Å². The lowest BCUT2D eigenvalue weighted by Gasteiger charge is -2.44. The minimum Gasteiger partial charge on any atom is -0.489 e. The van der Waals surface area contributed by atoms with Gasteiger partial charge in [0, 0.05) is 28.2 Å². The SMILES string of the molecule is CC(C)(c1cc(Cl)cc(Cl)c1)N1CCCC(Oc2cc(F)c(C(=O)NS(=O)(=O)C3CC3)cc2C2CC2)C1.O=C(O)C(F)(F)F. The number of hydrogen-bond acceptors (Lipinski definition) is 6. The Bertz CT molecular complexity index is 1510. The zero-order chi connectivity index (χ0) is 32.6. The second-order valence-electron chi connectivity index (χ2n) is 11.7. The number of rotatable bonds is 8. The first kappa shape index (κ1) is 34.3. The van der Waals surface area contributed by atoms with Crippen LogP contribution in [0.1, 0.15) is 79.8 Å². The van der Waals surface area contributed by atoms with Crippen LogP contribution in [0.25, 0.3) is 0 Å². The number of benzene rings is 2. The molecule has 2 aromatic rings. The number of nitrogens with one attached hydrogen (secondary N) is 1. The highest BCUT2D eigenvalue weighted by Gasteiger charge is 2.39. The monoisotopic (exact) mass is 682 g/mol. The van der Waals surface area contributed by atoms with Gasteiger partial charge in [-0.1, -0.05) is 23.2 Å². The van der Waals surface area contributed by atoms with Crippen molar-refractivity contribution in [1.82, 2.24) is 9.62 Å². The average molecular weight is 684 g/mol. The number of carboxylic acids is 1. The number of alkyl halides is 3. The van der Waals surface area contributed by atoms with Gasteiger partial charge in [-0.15, -0.1) is 0 Å². The Morgan fingerprint density at radius 1 is 1.00 bits per heavy atom. The second kappa shape index (κ2) is 13.0. The van der Waals surface area contributed by atoms with E-state index in [1.807, 2.05) is 16.9 Å². The van der Waals surface area contributed by atoms with Crippen LogP contribution in [-0.2, 0) is 20.4 Å². The lowest BCUT2D eigenvalue weighted by Crippen LogP contribution is -2.50. The number of likely N-dealkylation sites (tertiary alicyclic amines) is 1. The molecule has 3 aliphatic rings. The minimum atomic E-state index is -5.08. The second-order valence-corrected chi connectivity index (χ2v) is 14.5. The number of aliphatic carboxylic acids is 1. The number of nitrogens with zero attached hydrogens (tertiary/aromatic N) is 1. The predicted molar refractivity (Wildman–Crippen MR) is 156 cm³/mol. The van der Waals surface area contributed by atoms with Gasteiger partial charge in [-0.2, -0.15) is 13.2 Å². The predicted octanol–water partition coefficient (Wildman–Crippen LogP) is 6.64. The normalized spacial score (nSPS) is 19.5. The van der Waals surface area contributed by atoms with Crippen molar-refractivity contribution in [1.29, 1.82) is 0 Å². The van der Waals surface area contributed by atoms with E-state index in [0.717, 1.165) is 43.4 Å². The molecule has 1 heterocycles. The maximum absolute atomic E-state index is 15.1. The van der Waals surface area contributed by atoms with Crippen molar-refractivity contribution < 1.29 is 45.4 Å². The molecule has 0 aromatic heterocycles. The van der Waals surface area contributed by atoms with Gasteiger partial charge in [0.15, 0.2) is 0 Å². The molecule has 2 aliphatic carbocycles. The van der Waals surface area contributed by atoms with Crippen LogP contribution in [0.4, 0.5) is 17.6 Å². The lowest BCUT2D eigenvalue weighted by molar-refractivity contribution is -0.192. The number of halogens is 6. The van der Waals surface area contributed by atoms with Crippen LogP contribution >= 0.6 is 23.2 Å². The summed E-state index contributed by atoms with van der Waals surface area (Å²) in [7, 11) is -3.77. The highest BCUT2D eigenvalue weighted by atomic mass is 35.5. The standard InChI is InChI=1S/C27H31Cl2FN2O4S.C2HF3O2/c1-27(2,17-10-18(28)12-19(29)11-17)32-9-3-4-20(15-32)36-25-14-24(30)23(13-22(25)16-5-6-16)26(33)31-37(34,35)21-7-8-21;3-2(4,5)1(6)7/h10-14,16,20-21H,3-9,15H2,1-2H3,(H,31,33);(H,6,7). The Hall–Kier alpha value is -2.61. The topological polar surface area (TPSA) is 113 Å². The maximum Gasteiger partial charge on any atom is 0.490 e. The van der Waals surface area contributed by atoms with Crippen molar-refractivity contribution in [3.8, 4) is 5.75 Å². The summed E-state index contributed by atoms with van der Waals surface area (Å²) in [6, 6.07) is 8.27. The van der Waals surface area contributed by atoms with E-state index in [0.29, 0.717) is 35.2 Å². The highest BCUT2D eigenvalue weighted by molar-refractivity contribution is 7.91. The van der Waals surface area contributed by atoms with E-state index in [9.17, 15) is 26.4 Å². The minimum absolute atomic E-state index is 0.172. The molecule has 1 unspecified atom stereocenters. The van der Waals surface area contributed by atoms with Crippen molar-refractivity contribution in [2.45, 2.75) is 81.4 Å². The van der Waals surface area contributed by atoms with Gasteiger partial charge in [-0.05, 0) is 100 Å². The number of piperidine rings is 1. The van der Waals surface area contributed by atoms with E-state index in [1.54, 1.807) is 6.07 Å². The molecule has 15 heteroatoms. The van der Waals surface area contributed by atoms with E-state index in [4.69, 9.17) is 37.8 Å².